The molecule has 0 saturated heterocycles. The van der Waals surface area contributed by atoms with Gasteiger partial charge < -0.3 is 9.47 Å². The molecule has 0 N–H and O–H groups in total. The van der Waals surface area contributed by atoms with E-state index in [0.29, 0.717) is 11.1 Å². The lowest BCUT2D eigenvalue weighted by atomic mass is 10.1. The summed E-state index contributed by atoms with van der Waals surface area (Å²) in [4.78, 5) is 25.8. The number of carbonyl (C=O) groups excluding carboxylic acids is 2. The fourth-order valence-electron chi connectivity index (χ4n) is 4.38. The Balaban J connectivity index is 2.06. The van der Waals surface area contributed by atoms with Gasteiger partial charge in [0.25, 0.3) is 0 Å². The average molecular weight is 645 g/mol. The summed E-state index contributed by atoms with van der Waals surface area (Å²) in [6.45, 7) is 10.0. The number of esters is 2. The van der Waals surface area contributed by atoms with Gasteiger partial charge in [0.15, 0.2) is 0 Å². The van der Waals surface area contributed by atoms with Crippen LogP contribution in [0.1, 0.15) is 64.8 Å². The third kappa shape index (κ3) is 8.32. The van der Waals surface area contributed by atoms with Gasteiger partial charge in [-0.1, -0.05) is 66.7 Å². The van der Waals surface area contributed by atoms with E-state index in [4.69, 9.17) is 9.47 Å². The van der Waals surface area contributed by atoms with Crippen molar-refractivity contribution in [1.29, 1.82) is 0 Å². The molecule has 3 aromatic rings. The van der Waals surface area contributed by atoms with E-state index in [1.165, 1.54) is 32.3 Å². The highest BCUT2D eigenvalue weighted by molar-refractivity contribution is 7.90. The van der Waals surface area contributed by atoms with Crippen molar-refractivity contribution in [3.8, 4) is 0 Å². The van der Waals surface area contributed by atoms with Crippen LogP contribution in [-0.4, -0.2) is 62.7 Å². The molecule has 0 aliphatic rings. The summed E-state index contributed by atoms with van der Waals surface area (Å²) in [5.41, 5.74) is -1.04. The minimum atomic E-state index is -4.45. The first-order valence-electron chi connectivity index (χ1n) is 13.9. The average Bonchev–Trinajstić information content (AvgIpc) is 2.92. The lowest BCUT2D eigenvalue weighted by Gasteiger charge is -2.30. The zero-order chi connectivity index (χ0) is 33.1. The van der Waals surface area contributed by atoms with Crippen LogP contribution >= 0.6 is 0 Å². The van der Waals surface area contributed by atoms with E-state index in [1.807, 2.05) is 0 Å². The van der Waals surface area contributed by atoms with Gasteiger partial charge in [0, 0.05) is 14.1 Å². The molecule has 0 spiro atoms. The molecular formula is C32H40N2O8S2. The number of hydrogen-bond donors (Lipinski definition) is 0. The molecule has 0 amide bonds. The minimum Gasteiger partial charge on any atom is -0.459 e. The maximum atomic E-state index is 13.9. The number of nitrogens with zero attached hydrogens (tertiary/aromatic N) is 2. The van der Waals surface area contributed by atoms with Crippen molar-refractivity contribution in [1.82, 2.24) is 8.61 Å². The molecule has 12 heteroatoms. The first-order chi connectivity index (χ1) is 20.3. The number of likely N-dealkylation sites (N-methyl/N-ethyl adjacent to an activating group) is 2. The van der Waals surface area contributed by atoms with Crippen LogP contribution in [0.2, 0.25) is 0 Å². The standard InChI is InChI=1S/C32H40N2O8S2/c1-31(2,3)41-29(35)27(23-16-11-9-12-17-23)33(7)43(37,38)25-20-15-21-26(22-25)44(39,40)34(8)28(24-18-13-10-14-19-24)30(36)42-32(4,5)6/h9-22,27-28H,1-8H3. The third-order valence-electron chi connectivity index (χ3n) is 6.38. The Morgan fingerprint density at radius 2 is 0.886 bits per heavy atom. The van der Waals surface area contributed by atoms with Crippen LogP contribution in [0.15, 0.2) is 94.7 Å². The molecule has 0 aromatic heterocycles. The number of carbonyl (C=O) groups is 2. The van der Waals surface area contributed by atoms with Crippen molar-refractivity contribution in [3.63, 3.8) is 0 Å². The molecule has 3 aromatic carbocycles. The monoisotopic (exact) mass is 644 g/mol. The zero-order valence-corrected chi connectivity index (χ0v) is 27.8. The fourth-order valence-corrected chi connectivity index (χ4v) is 7.14. The number of rotatable bonds is 10. The van der Waals surface area contributed by atoms with E-state index in [9.17, 15) is 26.4 Å². The number of sulfonamides is 2. The first-order valence-corrected chi connectivity index (χ1v) is 16.8. The molecular weight excluding hydrogens is 604 g/mol. The molecule has 0 heterocycles. The van der Waals surface area contributed by atoms with Crippen LogP contribution in [0.3, 0.4) is 0 Å². The Hall–Kier alpha value is -3.58. The van der Waals surface area contributed by atoms with Gasteiger partial charge >= 0.3 is 11.9 Å². The molecule has 44 heavy (non-hydrogen) atoms. The van der Waals surface area contributed by atoms with E-state index in [-0.39, 0.29) is 9.79 Å². The molecule has 0 bridgehead atoms. The van der Waals surface area contributed by atoms with Crippen LogP contribution < -0.4 is 0 Å². The van der Waals surface area contributed by atoms with E-state index >= 15 is 0 Å². The second-order valence-corrected chi connectivity index (χ2v) is 16.2. The maximum absolute atomic E-state index is 13.9. The van der Waals surface area contributed by atoms with Crippen LogP contribution in [-0.2, 0) is 39.1 Å². The second kappa shape index (κ2) is 13.2. The molecule has 10 nitrogen and oxygen atoms in total. The van der Waals surface area contributed by atoms with Gasteiger partial charge in [0.05, 0.1) is 9.79 Å². The number of benzene rings is 3. The summed E-state index contributed by atoms with van der Waals surface area (Å²) >= 11 is 0. The summed E-state index contributed by atoms with van der Waals surface area (Å²) < 4.78 is 68.5. The van der Waals surface area contributed by atoms with Crippen LogP contribution in [0.25, 0.3) is 0 Å². The Morgan fingerprint density at radius 1 is 0.568 bits per heavy atom. The quantitative estimate of drug-likeness (QED) is 0.279. The molecule has 0 saturated carbocycles. The summed E-state index contributed by atoms with van der Waals surface area (Å²) in [6, 6.07) is 18.7. The van der Waals surface area contributed by atoms with Gasteiger partial charge in [0.2, 0.25) is 20.0 Å². The van der Waals surface area contributed by atoms with Crippen molar-refractivity contribution in [3.05, 3.63) is 96.1 Å². The van der Waals surface area contributed by atoms with Crippen molar-refractivity contribution in [2.24, 2.45) is 0 Å². The highest BCUT2D eigenvalue weighted by atomic mass is 32.2. The van der Waals surface area contributed by atoms with Crippen molar-refractivity contribution in [2.75, 3.05) is 14.1 Å². The topological polar surface area (TPSA) is 127 Å². The van der Waals surface area contributed by atoms with Gasteiger partial charge in [-0.3, -0.25) is 0 Å². The highest BCUT2D eigenvalue weighted by Crippen LogP contribution is 2.32. The number of ether oxygens (including phenoxy) is 2. The van der Waals surface area contributed by atoms with E-state index < -0.39 is 55.3 Å². The smallest absolute Gasteiger partial charge is 0.329 e. The van der Waals surface area contributed by atoms with Gasteiger partial charge in [-0.05, 0) is 70.9 Å². The number of hydrogen-bond acceptors (Lipinski definition) is 8. The summed E-state index contributed by atoms with van der Waals surface area (Å²) in [6.07, 6.45) is 0. The minimum absolute atomic E-state index is 0.368. The van der Waals surface area contributed by atoms with Crippen molar-refractivity contribution < 1.29 is 35.9 Å². The Labute approximate surface area is 260 Å². The molecule has 2 unspecified atom stereocenters. The SMILES string of the molecule is CN(C(C(=O)OC(C)(C)C)c1ccccc1)S(=O)(=O)c1cccc(S(=O)(=O)N(C)C(C(=O)OC(C)(C)C)c2ccccc2)c1. The summed E-state index contributed by atoms with van der Waals surface area (Å²) in [5.74, 6) is -1.58. The van der Waals surface area contributed by atoms with Gasteiger partial charge in [-0.2, -0.15) is 8.61 Å². The maximum Gasteiger partial charge on any atom is 0.329 e. The van der Waals surface area contributed by atoms with Crippen LogP contribution in [0.5, 0.6) is 0 Å². The molecule has 2 atom stereocenters. The van der Waals surface area contributed by atoms with E-state index in [0.717, 1.165) is 14.7 Å². The molecule has 3 rings (SSSR count). The molecule has 0 aliphatic heterocycles. The molecule has 0 aliphatic carbocycles. The predicted molar refractivity (Wildman–Crippen MR) is 166 cm³/mol. The summed E-state index contributed by atoms with van der Waals surface area (Å²) in [7, 11) is -6.43. The van der Waals surface area contributed by atoms with Crippen molar-refractivity contribution in [2.45, 2.75) is 74.6 Å². The fraction of sp³-hybridized carbons (Fsp3) is 0.375. The highest BCUT2D eigenvalue weighted by Gasteiger charge is 2.39. The Morgan fingerprint density at radius 3 is 1.18 bits per heavy atom. The zero-order valence-electron chi connectivity index (χ0n) is 26.2. The second-order valence-electron chi connectivity index (χ2n) is 12.2. The predicted octanol–water partition coefficient (Wildman–Crippen LogP) is 5.09. The van der Waals surface area contributed by atoms with Gasteiger partial charge in [-0.25, -0.2) is 26.4 Å². The molecule has 0 fully saturated rings. The van der Waals surface area contributed by atoms with E-state index in [1.54, 1.807) is 102 Å². The molecule has 238 valence electrons. The first kappa shape index (κ1) is 34.9. The molecule has 0 radical (unpaired) electrons. The third-order valence-corrected chi connectivity index (χ3v) is 10.0. The lowest BCUT2D eigenvalue weighted by molar-refractivity contribution is -0.160. The lowest BCUT2D eigenvalue weighted by Crippen LogP contribution is -2.40. The largest absolute Gasteiger partial charge is 0.459 e. The van der Waals surface area contributed by atoms with Crippen LogP contribution in [0.4, 0.5) is 0 Å². The van der Waals surface area contributed by atoms with E-state index in [2.05, 4.69) is 0 Å². The summed E-state index contributed by atoms with van der Waals surface area (Å²) in [5, 5.41) is 0. The van der Waals surface area contributed by atoms with Gasteiger partial charge in [0.1, 0.15) is 23.3 Å². The van der Waals surface area contributed by atoms with Gasteiger partial charge in [-0.15, -0.1) is 0 Å². The van der Waals surface area contributed by atoms with Crippen LogP contribution in [0, 0.1) is 0 Å². The van der Waals surface area contributed by atoms with Crippen molar-refractivity contribution >= 4 is 32.0 Å². The Bertz CT molecular complexity index is 1560. The Kier molecular flexibility index (Phi) is 10.5. The normalized spacial score (nSPS) is 14.2.